The van der Waals surface area contributed by atoms with Crippen LogP contribution >= 0.6 is 0 Å². The molecule has 0 spiro atoms. The number of hydrogen-bond acceptors (Lipinski definition) is 5. The predicted octanol–water partition coefficient (Wildman–Crippen LogP) is -0.558. The summed E-state index contributed by atoms with van der Waals surface area (Å²) in [7, 11) is 0. The fourth-order valence-corrected chi connectivity index (χ4v) is 0.782. The number of hydrogen-bond donors (Lipinski definition) is 3. The van der Waals surface area contributed by atoms with Crippen LogP contribution in [0.25, 0.3) is 0 Å². The van der Waals surface area contributed by atoms with Crippen molar-refractivity contribution in [1.82, 2.24) is 0 Å². The third-order valence-electron chi connectivity index (χ3n) is 1.87. The van der Waals surface area contributed by atoms with Gasteiger partial charge in [0.25, 0.3) is 0 Å². The van der Waals surface area contributed by atoms with Crippen molar-refractivity contribution in [2.75, 3.05) is 6.61 Å². The van der Waals surface area contributed by atoms with Gasteiger partial charge in [-0.1, -0.05) is 0 Å². The predicted molar refractivity (Wildman–Crippen MR) is 52.6 cm³/mol. The zero-order valence-corrected chi connectivity index (χ0v) is 8.88. The van der Waals surface area contributed by atoms with Crippen molar-refractivity contribution in [3.8, 4) is 0 Å². The molecule has 92 valence electrons. The van der Waals surface area contributed by atoms with Crippen molar-refractivity contribution in [2.45, 2.75) is 25.8 Å². The van der Waals surface area contributed by atoms with E-state index < -0.39 is 29.9 Å². The highest BCUT2D eigenvalue weighted by Gasteiger charge is 2.19. The van der Waals surface area contributed by atoms with E-state index >= 15 is 0 Å². The van der Waals surface area contributed by atoms with Gasteiger partial charge in [-0.2, -0.15) is 0 Å². The Hall–Kier alpha value is -1.63. The molecule has 0 heterocycles. The molecule has 0 amide bonds. The van der Waals surface area contributed by atoms with Gasteiger partial charge in [0.2, 0.25) is 0 Å². The van der Waals surface area contributed by atoms with Gasteiger partial charge in [-0.25, -0.2) is 0 Å². The summed E-state index contributed by atoms with van der Waals surface area (Å²) in [6.45, 7) is 1.12. The normalized spacial score (nSPS) is 13.9. The standard InChI is InChI=1S/C9H15NO6/c1-5(8(13)14)4-16-9(15)6(10)2-3-7(11)12/h5-6H,2-4,10H2,1H3,(H,11,12)(H,13,14)/t5?,6-/m0/s1. The average Bonchev–Trinajstić information content (AvgIpc) is 2.21. The van der Waals surface area contributed by atoms with Crippen LogP contribution in [0.15, 0.2) is 0 Å². The summed E-state index contributed by atoms with van der Waals surface area (Å²) in [6, 6.07) is -1.03. The van der Waals surface area contributed by atoms with Crippen molar-refractivity contribution >= 4 is 17.9 Å². The highest BCUT2D eigenvalue weighted by atomic mass is 16.5. The van der Waals surface area contributed by atoms with E-state index in [1.54, 1.807) is 0 Å². The van der Waals surface area contributed by atoms with Crippen LogP contribution in [0.1, 0.15) is 19.8 Å². The van der Waals surface area contributed by atoms with E-state index in [0.717, 1.165) is 0 Å². The Morgan fingerprint density at radius 2 is 1.88 bits per heavy atom. The molecular formula is C9H15NO6. The Balaban J connectivity index is 3.87. The lowest BCUT2D eigenvalue weighted by Gasteiger charge is -2.12. The molecule has 0 saturated heterocycles. The van der Waals surface area contributed by atoms with Crippen LogP contribution in [0.4, 0.5) is 0 Å². The fraction of sp³-hybridized carbons (Fsp3) is 0.667. The van der Waals surface area contributed by atoms with Gasteiger partial charge in [-0.05, 0) is 13.3 Å². The van der Waals surface area contributed by atoms with Gasteiger partial charge in [-0.15, -0.1) is 0 Å². The molecule has 4 N–H and O–H groups in total. The molecule has 0 aliphatic carbocycles. The summed E-state index contributed by atoms with van der Waals surface area (Å²) in [6.07, 6.45) is -0.264. The molecule has 0 aromatic heterocycles. The second-order valence-corrected chi connectivity index (χ2v) is 3.41. The minimum atomic E-state index is -1.08. The molecule has 1 unspecified atom stereocenters. The van der Waals surface area contributed by atoms with Crippen LogP contribution in [0.3, 0.4) is 0 Å². The van der Waals surface area contributed by atoms with Gasteiger partial charge in [0.05, 0.1) is 5.92 Å². The number of rotatable bonds is 7. The number of carbonyl (C=O) groups excluding carboxylic acids is 1. The molecule has 0 saturated carbocycles. The highest BCUT2D eigenvalue weighted by molar-refractivity contribution is 5.77. The second kappa shape index (κ2) is 6.78. The topological polar surface area (TPSA) is 127 Å². The SMILES string of the molecule is CC(COC(=O)[C@@H](N)CCC(=O)O)C(=O)O. The highest BCUT2D eigenvalue weighted by Crippen LogP contribution is 2.01. The monoisotopic (exact) mass is 233 g/mol. The zero-order valence-electron chi connectivity index (χ0n) is 8.88. The van der Waals surface area contributed by atoms with E-state index in [1.165, 1.54) is 6.92 Å². The summed E-state index contributed by atoms with van der Waals surface area (Å²) in [5.74, 6) is -3.72. The first-order valence-electron chi connectivity index (χ1n) is 4.71. The molecule has 0 aromatic carbocycles. The van der Waals surface area contributed by atoms with E-state index in [-0.39, 0.29) is 19.4 Å². The Bertz CT molecular complexity index is 277. The quantitative estimate of drug-likeness (QED) is 0.503. The van der Waals surface area contributed by atoms with Gasteiger partial charge in [-0.3, -0.25) is 14.4 Å². The van der Waals surface area contributed by atoms with Crippen LogP contribution in [-0.2, 0) is 19.1 Å². The maximum Gasteiger partial charge on any atom is 0.322 e. The third kappa shape index (κ3) is 5.97. The lowest BCUT2D eigenvalue weighted by Crippen LogP contribution is -2.34. The summed E-state index contributed by atoms with van der Waals surface area (Å²) < 4.78 is 4.62. The molecule has 0 aromatic rings. The largest absolute Gasteiger partial charge is 0.481 e. The maximum absolute atomic E-state index is 11.1. The summed E-state index contributed by atoms with van der Waals surface area (Å²) in [5.41, 5.74) is 5.34. The lowest BCUT2D eigenvalue weighted by molar-refractivity contribution is -0.151. The molecule has 0 fully saturated rings. The summed E-state index contributed by atoms with van der Waals surface area (Å²) in [4.78, 5) is 31.7. The number of carboxylic acid groups (broad SMARTS) is 2. The van der Waals surface area contributed by atoms with Gasteiger partial charge in [0, 0.05) is 6.42 Å². The number of esters is 1. The third-order valence-corrected chi connectivity index (χ3v) is 1.87. The summed E-state index contributed by atoms with van der Waals surface area (Å²) >= 11 is 0. The summed E-state index contributed by atoms with van der Waals surface area (Å²) in [5, 5.41) is 16.9. The lowest BCUT2D eigenvalue weighted by atomic mass is 10.1. The van der Waals surface area contributed by atoms with Crippen molar-refractivity contribution in [3.05, 3.63) is 0 Å². The van der Waals surface area contributed by atoms with Crippen LogP contribution in [0.2, 0.25) is 0 Å². The molecule has 0 aliphatic heterocycles. The molecule has 7 nitrogen and oxygen atoms in total. The Labute approximate surface area is 92.2 Å². The second-order valence-electron chi connectivity index (χ2n) is 3.41. The number of nitrogens with two attached hydrogens (primary N) is 1. The van der Waals surface area contributed by atoms with Crippen LogP contribution in [0, 0.1) is 5.92 Å². The molecule has 7 heteroatoms. The smallest absolute Gasteiger partial charge is 0.322 e. The molecule has 0 aliphatic rings. The first-order valence-corrected chi connectivity index (χ1v) is 4.71. The molecule has 16 heavy (non-hydrogen) atoms. The van der Waals surface area contributed by atoms with Crippen molar-refractivity contribution in [1.29, 1.82) is 0 Å². The number of aliphatic carboxylic acids is 2. The number of carboxylic acids is 2. The van der Waals surface area contributed by atoms with Gasteiger partial charge >= 0.3 is 17.9 Å². The molecular weight excluding hydrogens is 218 g/mol. The first kappa shape index (κ1) is 14.4. The van der Waals surface area contributed by atoms with E-state index in [9.17, 15) is 14.4 Å². The van der Waals surface area contributed by atoms with Crippen molar-refractivity contribution in [3.63, 3.8) is 0 Å². The minimum Gasteiger partial charge on any atom is -0.481 e. The Morgan fingerprint density at radius 3 is 2.31 bits per heavy atom. The number of carbonyl (C=O) groups is 3. The van der Waals surface area contributed by atoms with Crippen LogP contribution in [0.5, 0.6) is 0 Å². The van der Waals surface area contributed by atoms with Crippen molar-refractivity contribution < 1.29 is 29.3 Å². The van der Waals surface area contributed by atoms with Crippen LogP contribution < -0.4 is 5.73 Å². The first-order chi connectivity index (χ1) is 7.34. The Kier molecular flexibility index (Phi) is 6.09. The van der Waals surface area contributed by atoms with E-state index in [1.807, 2.05) is 0 Å². The van der Waals surface area contributed by atoms with E-state index in [0.29, 0.717) is 0 Å². The molecule has 2 atom stereocenters. The minimum absolute atomic E-state index is 0.0321. The molecule has 0 rings (SSSR count). The van der Waals surface area contributed by atoms with Gasteiger partial charge in [0.1, 0.15) is 12.6 Å². The fourth-order valence-electron chi connectivity index (χ4n) is 0.782. The van der Waals surface area contributed by atoms with E-state index in [4.69, 9.17) is 15.9 Å². The van der Waals surface area contributed by atoms with Gasteiger partial charge in [0.15, 0.2) is 0 Å². The maximum atomic E-state index is 11.1. The molecule has 0 bridgehead atoms. The van der Waals surface area contributed by atoms with Crippen LogP contribution in [-0.4, -0.2) is 40.8 Å². The molecule has 0 radical (unpaired) electrons. The average molecular weight is 233 g/mol. The Morgan fingerprint density at radius 1 is 1.31 bits per heavy atom. The number of ether oxygens (including phenoxy) is 1. The van der Waals surface area contributed by atoms with Gasteiger partial charge < -0.3 is 20.7 Å². The van der Waals surface area contributed by atoms with E-state index in [2.05, 4.69) is 4.74 Å². The zero-order chi connectivity index (χ0) is 12.7. The van der Waals surface area contributed by atoms with Crippen molar-refractivity contribution in [2.24, 2.45) is 11.7 Å².